The summed E-state index contributed by atoms with van der Waals surface area (Å²) in [7, 11) is 2.04. The summed E-state index contributed by atoms with van der Waals surface area (Å²) in [4.78, 5) is 10.7. The molecule has 6 nitrogen and oxygen atoms in total. The maximum Gasteiger partial charge on any atom is 0.317 e. The number of fused-ring (bicyclic) bond motifs is 2. The number of rotatable bonds is 4. The van der Waals surface area contributed by atoms with E-state index in [9.17, 15) is 9.65 Å². The highest BCUT2D eigenvalue weighted by molar-refractivity contribution is 7.23. The van der Waals surface area contributed by atoms with E-state index in [-0.39, 0.29) is 54.4 Å². The van der Waals surface area contributed by atoms with Crippen LogP contribution < -0.4 is 10.5 Å². The number of thiophene rings is 1. The lowest BCUT2D eigenvalue weighted by Crippen LogP contribution is -2.34. The Morgan fingerprint density at radius 2 is 2.18 bits per heavy atom. The summed E-state index contributed by atoms with van der Waals surface area (Å²) in [6.45, 7) is 3.56. The van der Waals surface area contributed by atoms with Crippen LogP contribution in [0.1, 0.15) is 18.9 Å². The van der Waals surface area contributed by atoms with Crippen LogP contribution in [0.2, 0.25) is 5.02 Å². The van der Waals surface area contributed by atoms with E-state index in [0.29, 0.717) is 17.9 Å². The fourth-order valence-corrected chi connectivity index (χ4v) is 5.82. The van der Waals surface area contributed by atoms with Crippen LogP contribution in [0.15, 0.2) is 24.4 Å². The molecule has 1 aliphatic rings. The Kier molecular flexibility index (Phi) is 5.76. The molecule has 0 saturated carbocycles. The normalized spacial score (nSPS) is 18.6. The van der Waals surface area contributed by atoms with Gasteiger partial charge in [-0.05, 0) is 43.6 Å². The number of benzene rings is 2. The van der Waals surface area contributed by atoms with Crippen molar-refractivity contribution in [2.45, 2.75) is 19.4 Å². The Hall–Kier alpha value is -3.06. The number of likely N-dealkylation sites (tertiary alicyclic amines) is 1. The second kappa shape index (κ2) is 8.62. The molecule has 10 heteroatoms. The van der Waals surface area contributed by atoms with Gasteiger partial charge in [0.25, 0.3) is 0 Å². The molecule has 0 radical (unpaired) electrons. The fourth-order valence-electron chi connectivity index (χ4n) is 4.56. The van der Waals surface area contributed by atoms with Gasteiger partial charge in [-0.15, -0.1) is 11.3 Å². The minimum Gasteiger partial charge on any atom is -0.462 e. The Bertz CT molecular complexity index is 1470. The molecule has 2 aromatic carbocycles. The first kappa shape index (κ1) is 22.7. The van der Waals surface area contributed by atoms with E-state index in [0.717, 1.165) is 24.3 Å². The Morgan fingerprint density at radius 1 is 1.38 bits per heavy atom. The van der Waals surface area contributed by atoms with Gasteiger partial charge in [-0.3, -0.25) is 4.90 Å². The first-order valence-corrected chi connectivity index (χ1v) is 11.9. The number of ether oxygens (including phenoxy) is 1. The number of hydrogen-bond acceptors (Lipinski definition) is 7. The van der Waals surface area contributed by atoms with Crippen LogP contribution in [0.4, 0.5) is 13.8 Å². The molecule has 2 atom stereocenters. The minimum atomic E-state index is -0.706. The lowest BCUT2D eigenvalue weighted by molar-refractivity contribution is 0.167. The first-order valence-electron chi connectivity index (χ1n) is 10.7. The summed E-state index contributed by atoms with van der Waals surface area (Å²) < 4.78 is 36.3. The topological polar surface area (TPSA) is 88.1 Å². The number of likely N-dealkylation sites (N-methyl/N-ethyl adjacent to an activating group) is 1. The molecule has 0 spiro atoms. The second-order valence-corrected chi connectivity index (χ2v) is 9.97. The van der Waals surface area contributed by atoms with E-state index in [2.05, 4.69) is 21.8 Å². The highest BCUT2D eigenvalue weighted by Crippen LogP contribution is 2.44. The number of hydrogen-bond donors (Lipinski definition) is 1. The van der Waals surface area contributed by atoms with E-state index in [1.807, 2.05) is 13.1 Å². The van der Waals surface area contributed by atoms with Gasteiger partial charge in [0, 0.05) is 28.6 Å². The third kappa shape index (κ3) is 3.63. The summed E-state index contributed by atoms with van der Waals surface area (Å²) in [5.41, 5.74) is 6.33. The van der Waals surface area contributed by atoms with E-state index in [1.54, 1.807) is 6.07 Å². The molecule has 2 aromatic heterocycles. The second-order valence-electron chi connectivity index (χ2n) is 8.51. The van der Waals surface area contributed by atoms with Gasteiger partial charge >= 0.3 is 6.01 Å². The lowest BCUT2D eigenvalue weighted by Gasteiger charge is -2.22. The smallest absolute Gasteiger partial charge is 0.317 e. The molecule has 5 rings (SSSR count). The van der Waals surface area contributed by atoms with Gasteiger partial charge in [-0.25, -0.2) is 13.8 Å². The number of nitrogens with zero attached hydrogens (tertiary/aromatic N) is 4. The zero-order chi connectivity index (χ0) is 24.1. The zero-order valence-electron chi connectivity index (χ0n) is 18.4. The van der Waals surface area contributed by atoms with Crippen LogP contribution in [0, 0.1) is 28.9 Å². The molecule has 1 fully saturated rings. The summed E-state index contributed by atoms with van der Waals surface area (Å²) in [6.07, 6.45) is 2.55. The molecule has 1 saturated heterocycles. The van der Waals surface area contributed by atoms with E-state index < -0.39 is 11.6 Å². The summed E-state index contributed by atoms with van der Waals surface area (Å²) >= 11 is 7.41. The van der Waals surface area contributed by atoms with Crippen molar-refractivity contribution in [3.63, 3.8) is 0 Å². The van der Waals surface area contributed by atoms with Crippen LogP contribution in [0.3, 0.4) is 0 Å². The quantitative estimate of drug-likeness (QED) is 0.392. The number of nitriles is 1. The van der Waals surface area contributed by atoms with Crippen molar-refractivity contribution in [2.75, 3.05) is 25.9 Å². The third-order valence-electron chi connectivity index (χ3n) is 6.49. The van der Waals surface area contributed by atoms with Crippen molar-refractivity contribution in [3.05, 3.63) is 46.6 Å². The molecule has 2 N–H and O–H groups in total. The van der Waals surface area contributed by atoms with Crippen LogP contribution in [-0.2, 0) is 0 Å². The average molecular weight is 500 g/mol. The maximum atomic E-state index is 15.9. The van der Waals surface area contributed by atoms with Gasteiger partial charge < -0.3 is 10.5 Å². The Morgan fingerprint density at radius 3 is 2.88 bits per heavy atom. The summed E-state index contributed by atoms with van der Waals surface area (Å²) in [5.74, 6) is -0.776. The lowest BCUT2D eigenvalue weighted by atomic mass is 9.97. The molecular weight excluding hydrogens is 480 g/mol. The van der Waals surface area contributed by atoms with Gasteiger partial charge in [-0.2, -0.15) is 10.2 Å². The van der Waals surface area contributed by atoms with Crippen molar-refractivity contribution < 1.29 is 13.5 Å². The number of anilines is 1. The number of halogens is 3. The highest BCUT2D eigenvalue weighted by atomic mass is 35.5. The predicted octanol–water partition coefficient (Wildman–Crippen LogP) is 5.62. The van der Waals surface area contributed by atoms with Gasteiger partial charge in [0.05, 0.1) is 15.3 Å². The van der Waals surface area contributed by atoms with Gasteiger partial charge in [-0.1, -0.05) is 24.6 Å². The number of nitrogens with two attached hydrogens (primary N) is 1. The molecular formula is C24H20ClF2N5OS. The van der Waals surface area contributed by atoms with Crippen LogP contribution in [0.25, 0.3) is 32.1 Å². The third-order valence-corrected chi connectivity index (χ3v) is 7.81. The van der Waals surface area contributed by atoms with Crippen LogP contribution in [-0.4, -0.2) is 41.1 Å². The standard InChI is InChI=1S/C24H20ClF2N5OS/c1-11-5-6-32(2)17(11)10-33-24-30-9-12-7-15(25)19(20(27)21(12)31-24)13-3-4-16(26)22-18(13)14(8-28)23(29)34-22/h3-4,7,9,11,17H,5-6,10,29H2,1-2H3/t11-,17+/m0/s1. The van der Waals surface area contributed by atoms with E-state index in [4.69, 9.17) is 22.1 Å². The molecule has 4 aromatic rings. The van der Waals surface area contributed by atoms with E-state index in [1.165, 1.54) is 18.3 Å². The fraction of sp³-hybridized carbons (Fsp3) is 0.292. The molecule has 34 heavy (non-hydrogen) atoms. The van der Waals surface area contributed by atoms with Crippen molar-refractivity contribution in [3.8, 4) is 23.2 Å². The number of aromatic nitrogens is 2. The first-order chi connectivity index (χ1) is 16.3. The molecule has 0 bridgehead atoms. The number of nitrogen functional groups attached to an aromatic ring is 1. The minimum absolute atomic E-state index is 0.0160. The molecule has 3 heterocycles. The zero-order valence-corrected chi connectivity index (χ0v) is 20.0. The largest absolute Gasteiger partial charge is 0.462 e. The average Bonchev–Trinajstić information content (AvgIpc) is 3.32. The van der Waals surface area contributed by atoms with Gasteiger partial charge in [0.15, 0.2) is 5.82 Å². The van der Waals surface area contributed by atoms with Gasteiger partial charge in [0.1, 0.15) is 29.0 Å². The van der Waals surface area contributed by atoms with Crippen molar-refractivity contribution in [2.24, 2.45) is 5.92 Å². The van der Waals surface area contributed by atoms with Crippen molar-refractivity contribution in [1.82, 2.24) is 14.9 Å². The highest BCUT2D eigenvalue weighted by Gasteiger charge is 2.29. The van der Waals surface area contributed by atoms with Crippen molar-refractivity contribution in [1.29, 1.82) is 5.26 Å². The monoisotopic (exact) mass is 499 g/mol. The van der Waals surface area contributed by atoms with Crippen LogP contribution >= 0.6 is 22.9 Å². The molecule has 0 unspecified atom stereocenters. The predicted molar refractivity (Wildman–Crippen MR) is 130 cm³/mol. The van der Waals surface area contributed by atoms with Crippen molar-refractivity contribution >= 4 is 48.9 Å². The Labute approximate surface area is 203 Å². The van der Waals surface area contributed by atoms with Crippen LogP contribution in [0.5, 0.6) is 6.01 Å². The maximum absolute atomic E-state index is 15.9. The molecule has 0 amide bonds. The van der Waals surface area contributed by atoms with Gasteiger partial charge in [0.2, 0.25) is 0 Å². The molecule has 174 valence electrons. The molecule has 1 aliphatic heterocycles. The van der Waals surface area contributed by atoms with E-state index >= 15 is 4.39 Å². The Balaban J connectivity index is 1.62. The summed E-state index contributed by atoms with van der Waals surface area (Å²) in [5, 5.41) is 10.5. The molecule has 0 aliphatic carbocycles. The SMILES string of the molecule is C[C@H]1CCN(C)[C@@H]1COc1ncc2cc(Cl)c(-c3ccc(F)c4sc(N)c(C#N)c34)c(F)c2n1. The summed E-state index contributed by atoms with van der Waals surface area (Å²) in [6, 6.07) is 6.44.